The smallest absolute Gasteiger partial charge is 0.227 e. The molecule has 1 aliphatic carbocycles. The molecule has 2 fully saturated rings. The predicted octanol–water partition coefficient (Wildman–Crippen LogP) is 4.00. The van der Waals surface area contributed by atoms with Crippen LogP contribution in [-0.2, 0) is 11.3 Å². The third-order valence-electron chi connectivity index (χ3n) is 5.77. The number of carbonyl (C=O) groups excluding carboxylic acids is 1. The Morgan fingerprint density at radius 1 is 1.19 bits per heavy atom. The maximum atomic E-state index is 13.0. The second-order valence-electron chi connectivity index (χ2n) is 7.82. The van der Waals surface area contributed by atoms with E-state index >= 15 is 0 Å². The molecule has 1 aliphatic heterocycles. The number of hydrogen-bond acceptors (Lipinski definition) is 3. The highest BCUT2D eigenvalue weighted by molar-refractivity contribution is 5.85. The number of anilines is 1. The van der Waals surface area contributed by atoms with Crippen molar-refractivity contribution >= 4 is 36.4 Å². The number of rotatable bonds is 4. The minimum Gasteiger partial charge on any atom is -0.371 e. The van der Waals surface area contributed by atoms with Crippen LogP contribution < -0.4 is 10.6 Å². The summed E-state index contributed by atoms with van der Waals surface area (Å²) in [5.74, 6) is 0.158. The number of benzene rings is 1. The van der Waals surface area contributed by atoms with Gasteiger partial charge in [-0.05, 0) is 44.2 Å². The van der Waals surface area contributed by atoms with Gasteiger partial charge in [0.25, 0.3) is 0 Å². The van der Waals surface area contributed by atoms with E-state index in [1.807, 2.05) is 18.9 Å². The molecular formula is C20H33Cl2N3O. The highest BCUT2D eigenvalue weighted by atomic mass is 35.5. The van der Waals surface area contributed by atoms with Gasteiger partial charge in [-0.1, -0.05) is 31.0 Å². The average molecular weight is 402 g/mol. The van der Waals surface area contributed by atoms with Crippen molar-refractivity contribution in [3.05, 3.63) is 29.8 Å². The lowest BCUT2D eigenvalue weighted by Gasteiger charge is -2.39. The van der Waals surface area contributed by atoms with Crippen molar-refractivity contribution in [1.82, 2.24) is 4.90 Å². The minimum atomic E-state index is -0.363. The number of nitrogens with two attached hydrogens (primary N) is 1. The van der Waals surface area contributed by atoms with E-state index in [-0.39, 0.29) is 42.2 Å². The summed E-state index contributed by atoms with van der Waals surface area (Å²) in [6.45, 7) is 4.95. The summed E-state index contributed by atoms with van der Waals surface area (Å²) in [5, 5.41) is 0. The van der Waals surface area contributed by atoms with Gasteiger partial charge in [0.05, 0.1) is 5.92 Å². The predicted molar refractivity (Wildman–Crippen MR) is 113 cm³/mol. The molecule has 1 heterocycles. The Morgan fingerprint density at radius 2 is 1.85 bits per heavy atom. The fraction of sp³-hybridized carbons (Fsp3) is 0.650. The van der Waals surface area contributed by atoms with Crippen LogP contribution in [0.3, 0.4) is 0 Å². The molecule has 0 bridgehead atoms. The van der Waals surface area contributed by atoms with Gasteiger partial charge in [0.15, 0.2) is 0 Å². The number of halogens is 2. The molecule has 1 saturated carbocycles. The Balaban J connectivity index is 0.00000169. The van der Waals surface area contributed by atoms with Crippen molar-refractivity contribution in [1.29, 1.82) is 0 Å². The zero-order valence-corrected chi connectivity index (χ0v) is 17.6. The fourth-order valence-electron chi connectivity index (χ4n) is 4.27. The van der Waals surface area contributed by atoms with Crippen LogP contribution in [0.25, 0.3) is 0 Å². The van der Waals surface area contributed by atoms with Crippen LogP contribution in [0.5, 0.6) is 0 Å². The average Bonchev–Trinajstić information content (AvgIpc) is 3.08. The van der Waals surface area contributed by atoms with Crippen LogP contribution in [-0.4, -0.2) is 36.5 Å². The third kappa shape index (κ3) is 5.05. The van der Waals surface area contributed by atoms with E-state index in [9.17, 15) is 4.79 Å². The van der Waals surface area contributed by atoms with Gasteiger partial charge in [-0.3, -0.25) is 4.79 Å². The van der Waals surface area contributed by atoms with E-state index in [1.165, 1.54) is 24.1 Å². The van der Waals surface area contributed by atoms with E-state index in [2.05, 4.69) is 29.2 Å². The maximum Gasteiger partial charge on any atom is 0.227 e. The first-order chi connectivity index (χ1) is 11.5. The van der Waals surface area contributed by atoms with E-state index < -0.39 is 0 Å². The van der Waals surface area contributed by atoms with Gasteiger partial charge < -0.3 is 15.5 Å². The molecule has 1 aromatic rings. The third-order valence-corrected chi connectivity index (χ3v) is 5.77. The van der Waals surface area contributed by atoms with E-state index in [4.69, 9.17) is 5.73 Å². The van der Waals surface area contributed by atoms with Gasteiger partial charge in [-0.2, -0.15) is 0 Å². The molecule has 3 rings (SSSR count). The van der Waals surface area contributed by atoms with Crippen LogP contribution in [0.2, 0.25) is 0 Å². The lowest BCUT2D eigenvalue weighted by molar-refractivity contribution is -0.138. The van der Waals surface area contributed by atoms with Gasteiger partial charge in [0.2, 0.25) is 5.91 Å². The van der Waals surface area contributed by atoms with Crippen LogP contribution in [0.15, 0.2) is 24.3 Å². The van der Waals surface area contributed by atoms with Gasteiger partial charge >= 0.3 is 0 Å². The molecule has 1 amide bonds. The topological polar surface area (TPSA) is 49.6 Å². The molecule has 2 aliphatic rings. The van der Waals surface area contributed by atoms with E-state index in [1.54, 1.807) is 0 Å². The molecule has 148 valence electrons. The second-order valence-corrected chi connectivity index (χ2v) is 7.82. The monoisotopic (exact) mass is 401 g/mol. The lowest BCUT2D eigenvalue weighted by Crippen LogP contribution is -2.53. The Labute approximate surface area is 170 Å². The molecular weight excluding hydrogens is 369 g/mol. The van der Waals surface area contributed by atoms with Crippen molar-refractivity contribution in [2.45, 2.75) is 57.5 Å². The summed E-state index contributed by atoms with van der Waals surface area (Å²) < 4.78 is 0. The quantitative estimate of drug-likeness (QED) is 0.828. The SMILES string of the molecule is CN(Cc1ccccc1N1CCCC1)C(=O)C1CCCCC1(C)N.Cl.Cl. The largest absolute Gasteiger partial charge is 0.371 e. The molecule has 0 aromatic heterocycles. The van der Waals surface area contributed by atoms with Crippen LogP contribution >= 0.6 is 24.8 Å². The van der Waals surface area contributed by atoms with Gasteiger partial charge in [-0.15, -0.1) is 24.8 Å². The number of amides is 1. The lowest BCUT2D eigenvalue weighted by atomic mass is 9.74. The van der Waals surface area contributed by atoms with E-state index in [0.717, 1.165) is 38.8 Å². The van der Waals surface area contributed by atoms with Crippen molar-refractivity contribution in [2.75, 3.05) is 25.0 Å². The first-order valence-electron chi connectivity index (χ1n) is 9.36. The van der Waals surface area contributed by atoms with Crippen molar-refractivity contribution in [3.63, 3.8) is 0 Å². The molecule has 6 heteroatoms. The number of hydrogen-bond donors (Lipinski definition) is 1. The maximum absolute atomic E-state index is 13.0. The molecule has 1 aromatic carbocycles. The molecule has 0 spiro atoms. The highest BCUT2D eigenvalue weighted by Crippen LogP contribution is 2.33. The highest BCUT2D eigenvalue weighted by Gasteiger charge is 2.39. The normalized spacial score (nSPS) is 25.2. The summed E-state index contributed by atoms with van der Waals surface area (Å²) in [6, 6.07) is 8.50. The Bertz CT molecular complexity index is 588. The Kier molecular flexibility index (Phi) is 8.71. The van der Waals surface area contributed by atoms with Gasteiger partial charge in [-0.25, -0.2) is 0 Å². The fourth-order valence-corrected chi connectivity index (χ4v) is 4.27. The van der Waals surface area contributed by atoms with Gasteiger partial charge in [0, 0.05) is 37.9 Å². The summed E-state index contributed by atoms with van der Waals surface area (Å²) >= 11 is 0. The summed E-state index contributed by atoms with van der Waals surface area (Å²) in [5.41, 5.74) is 8.59. The summed E-state index contributed by atoms with van der Waals surface area (Å²) in [7, 11) is 1.92. The standard InChI is InChI=1S/C20H31N3O.2ClH/c1-20(21)12-6-5-10-17(20)19(24)22(2)15-16-9-3-4-11-18(16)23-13-7-8-14-23;;/h3-4,9,11,17H,5-8,10,12-15,21H2,1-2H3;2*1H. The van der Waals surface area contributed by atoms with Crippen LogP contribution in [0, 0.1) is 5.92 Å². The first-order valence-corrected chi connectivity index (χ1v) is 9.36. The van der Waals surface area contributed by atoms with Crippen molar-refractivity contribution < 1.29 is 4.79 Å². The second kappa shape index (κ2) is 9.82. The molecule has 2 atom stereocenters. The summed E-state index contributed by atoms with van der Waals surface area (Å²) in [4.78, 5) is 17.3. The molecule has 0 radical (unpaired) electrons. The molecule has 1 saturated heterocycles. The Morgan fingerprint density at radius 3 is 2.50 bits per heavy atom. The summed E-state index contributed by atoms with van der Waals surface area (Å²) in [6.07, 6.45) is 6.64. The first kappa shape index (κ1) is 23.1. The minimum absolute atomic E-state index is 0. The molecule has 2 unspecified atom stereocenters. The van der Waals surface area contributed by atoms with Crippen molar-refractivity contribution in [3.8, 4) is 0 Å². The van der Waals surface area contributed by atoms with Gasteiger partial charge in [0.1, 0.15) is 0 Å². The molecule has 4 nitrogen and oxygen atoms in total. The zero-order chi connectivity index (χ0) is 17.2. The number of nitrogens with zero attached hydrogens (tertiary/aromatic N) is 2. The zero-order valence-electron chi connectivity index (χ0n) is 15.9. The van der Waals surface area contributed by atoms with Crippen LogP contribution in [0.4, 0.5) is 5.69 Å². The molecule has 2 N–H and O–H groups in total. The van der Waals surface area contributed by atoms with Crippen molar-refractivity contribution in [2.24, 2.45) is 11.7 Å². The van der Waals surface area contributed by atoms with E-state index in [0.29, 0.717) is 6.54 Å². The number of carbonyl (C=O) groups is 1. The number of para-hydroxylation sites is 1. The Hall–Kier alpha value is -0.970. The van der Waals surface area contributed by atoms with Crippen LogP contribution in [0.1, 0.15) is 51.0 Å². The molecule has 26 heavy (non-hydrogen) atoms.